The lowest BCUT2D eigenvalue weighted by Crippen LogP contribution is -2.57. The number of piperidine rings is 2. The first kappa shape index (κ1) is 19.2. The number of hydrogen-bond donors (Lipinski definition) is 2. The monoisotopic (exact) mass is 402 g/mol. The average molecular weight is 403 g/mol. The topological polar surface area (TPSA) is 47.6 Å². The molecule has 0 radical (unpaired) electrons. The average Bonchev–Trinajstić information content (AvgIpc) is 3.21. The van der Waals surface area contributed by atoms with Crippen molar-refractivity contribution in [3.8, 4) is 0 Å². The molecule has 5 rings (SSSR count). The van der Waals surface area contributed by atoms with Crippen LogP contribution >= 0.6 is 0 Å². The lowest BCUT2D eigenvalue weighted by Gasteiger charge is -2.47. The number of anilines is 1. The van der Waals surface area contributed by atoms with Crippen LogP contribution in [-0.4, -0.2) is 60.1 Å². The van der Waals surface area contributed by atoms with E-state index in [0.29, 0.717) is 18.1 Å². The van der Waals surface area contributed by atoms with Gasteiger partial charge in [0.1, 0.15) is 5.82 Å². The number of benzene rings is 1. The van der Waals surface area contributed by atoms with E-state index < -0.39 is 0 Å². The molecule has 29 heavy (non-hydrogen) atoms. The molecule has 0 saturated carbocycles. The molecule has 6 heteroatoms. The number of carbonyl (C=O) groups excluding carboxylic acids is 1. The van der Waals surface area contributed by atoms with Gasteiger partial charge in [-0.25, -0.2) is 9.18 Å². The molecule has 2 bridgehead atoms. The number of nitrogens with one attached hydrogen (secondary N) is 2. The molecule has 3 saturated heterocycles. The number of hydrogen-bond acceptors (Lipinski definition) is 3. The summed E-state index contributed by atoms with van der Waals surface area (Å²) in [6, 6.07) is 6.72. The van der Waals surface area contributed by atoms with E-state index in [1.54, 1.807) is 12.1 Å². The summed E-state index contributed by atoms with van der Waals surface area (Å²) in [5, 5.41) is 6.58. The highest BCUT2D eigenvalue weighted by Gasteiger charge is 2.47. The molecule has 1 aromatic rings. The van der Waals surface area contributed by atoms with Crippen LogP contribution in [0.2, 0.25) is 0 Å². The van der Waals surface area contributed by atoms with Gasteiger partial charge < -0.3 is 20.4 Å². The Morgan fingerprint density at radius 1 is 1.24 bits per heavy atom. The summed E-state index contributed by atoms with van der Waals surface area (Å²) in [4.78, 5) is 17.4. The van der Waals surface area contributed by atoms with Crippen LogP contribution in [0.3, 0.4) is 0 Å². The fourth-order valence-electron chi connectivity index (χ4n) is 6.33. The third-order valence-electron chi connectivity index (χ3n) is 7.91. The van der Waals surface area contributed by atoms with Crippen LogP contribution in [-0.2, 0) is 5.41 Å². The molecule has 1 aromatic carbocycles. The number of halogens is 1. The zero-order chi connectivity index (χ0) is 20.0. The summed E-state index contributed by atoms with van der Waals surface area (Å²) in [7, 11) is 0. The minimum Gasteiger partial charge on any atom is -0.384 e. The van der Waals surface area contributed by atoms with Gasteiger partial charge in [-0.15, -0.1) is 0 Å². The Kier molecular flexibility index (Phi) is 4.93. The first-order chi connectivity index (χ1) is 14.1. The third-order valence-corrected chi connectivity index (χ3v) is 7.91. The van der Waals surface area contributed by atoms with Gasteiger partial charge in [0.25, 0.3) is 0 Å². The fraction of sp³-hybridized carbons (Fsp3) is 0.696. The Morgan fingerprint density at radius 2 is 1.97 bits per heavy atom. The number of carbonyl (C=O) groups is 1. The number of amides is 2. The van der Waals surface area contributed by atoms with E-state index in [1.807, 2.05) is 6.07 Å². The summed E-state index contributed by atoms with van der Waals surface area (Å²) >= 11 is 0. The second kappa shape index (κ2) is 7.46. The molecule has 160 valence electrons. The predicted octanol–water partition coefficient (Wildman–Crippen LogP) is 3.95. The van der Waals surface area contributed by atoms with Crippen LogP contribution in [0.1, 0.15) is 58.9 Å². The van der Waals surface area contributed by atoms with Gasteiger partial charge in [0, 0.05) is 43.7 Å². The Bertz CT molecular complexity index is 768. The molecule has 2 N–H and O–H groups in total. The van der Waals surface area contributed by atoms with Crippen molar-refractivity contribution in [3.63, 3.8) is 0 Å². The van der Waals surface area contributed by atoms with Crippen LogP contribution in [0.5, 0.6) is 0 Å². The minimum atomic E-state index is -0.125. The molecule has 0 aliphatic carbocycles. The van der Waals surface area contributed by atoms with E-state index in [1.165, 1.54) is 5.56 Å². The normalized spacial score (nSPS) is 30.3. The van der Waals surface area contributed by atoms with Crippen molar-refractivity contribution in [2.24, 2.45) is 0 Å². The molecule has 4 heterocycles. The van der Waals surface area contributed by atoms with Crippen LogP contribution < -0.4 is 10.6 Å². The Labute approximate surface area is 174 Å². The molecule has 2 unspecified atom stereocenters. The maximum Gasteiger partial charge on any atom is 0.317 e. The molecule has 0 aromatic heterocycles. The molecule has 3 fully saturated rings. The molecule has 1 spiro atoms. The second-order valence-corrected chi connectivity index (χ2v) is 9.51. The second-order valence-electron chi connectivity index (χ2n) is 9.51. The maximum absolute atomic E-state index is 13.9. The highest BCUT2D eigenvalue weighted by Crippen LogP contribution is 2.46. The Hall–Kier alpha value is -1.82. The summed E-state index contributed by atoms with van der Waals surface area (Å²) < 4.78 is 13.9. The van der Waals surface area contributed by atoms with E-state index in [9.17, 15) is 9.18 Å². The maximum atomic E-state index is 13.9. The molecular formula is C23H35FN4O. The van der Waals surface area contributed by atoms with E-state index in [4.69, 9.17) is 0 Å². The van der Waals surface area contributed by atoms with Crippen molar-refractivity contribution in [3.05, 3.63) is 29.6 Å². The summed E-state index contributed by atoms with van der Waals surface area (Å²) in [6.45, 7) is 5.94. The zero-order valence-electron chi connectivity index (χ0n) is 17.4. The molecule has 4 aliphatic heterocycles. The van der Waals surface area contributed by atoms with Crippen molar-refractivity contribution in [1.29, 1.82) is 0 Å². The van der Waals surface area contributed by atoms with Crippen molar-refractivity contribution in [1.82, 2.24) is 15.1 Å². The van der Waals surface area contributed by atoms with Gasteiger partial charge in [-0.1, -0.05) is 6.92 Å². The van der Waals surface area contributed by atoms with Crippen LogP contribution in [0.25, 0.3) is 0 Å². The first-order valence-electron chi connectivity index (χ1n) is 11.4. The van der Waals surface area contributed by atoms with E-state index in [-0.39, 0.29) is 18.7 Å². The summed E-state index contributed by atoms with van der Waals surface area (Å²) in [5.41, 5.74) is 2.39. The Morgan fingerprint density at radius 3 is 2.66 bits per heavy atom. The van der Waals surface area contributed by atoms with Crippen LogP contribution in [0, 0.1) is 5.82 Å². The van der Waals surface area contributed by atoms with E-state index in [2.05, 4.69) is 27.4 Å². The van der Waals surface area contributed by atoms with Gasteiger partial charge in [0.2, 0.25) is 0 Å². The van der Waals surface area contributed by atoms with Gasteiger partial charge in [-0.05, 0) is 81.8 Å². The number of nitrogens with zero attached hydrogens (tertiary/aromatic N) is 2. The standard InChI is InChI=1S/C23H33FN4O.H2/c1-2-9-25-22(29)28-17-4-5-18(28)14-19(13-17)27-10-7-23(8-11-27)15-26-21-6-3-16(24)12-20(21)23;/h3,6,12,17-19,26H,2,4-5,7-11,13-15H2,1H3,(H,25,29);1H. The zero-order valence-corrected chi connectivity index (χ0v) is 17.4. The summed E-state index contributed by atoms with van der Waals surface area (Å²) in [5.74, 6) is -0.125. The van der Waals surface area contributed by atoms with Gasteiger partial charge in [-0.2, -0.15) is 0 Å². The van der Waals surface area contributed by atoms with Crippen molar-refractivity contribution < 1.29 is 10.6 Å². The smallest absolute Gasteiger partial charge is 0.317 e. The van der Waals surface area contributed by atoms with E-state index in [0.717, 1.165) is 76.8 Å². The molecule has 4 aliphatic rings. The highest BCUT2D eigenvalue weighted by molar-refractivity contribution is 5.75. The van der Waals surface area contributed by atoms with Crippen LogP contribution in [0.4, 0.5) is 14.9 Å². The number of likely N-dealkylation sites (tertiary alicyclic amines) is 1. The highest BCUT2D eigenvalue weighted by atomic mass is 19.1. The van der Waals surface area contributed by atoms with Crippen LogP contribution in [0.15, 0.2) is 18.2 Å². The predicted molar refractivity (Wildman–Crippen MR) is 115 cm³/mol. The largest absolute Gasteiger partial charge is 0.384 e. The lowest BCUT2D eigenvalue weighted by molar-refractivity contribution is 0.0519. The summed E-state index contributed by atoms with van der Waals surface area (Å²) in [6.07, 6.45) is 7.66. The lowest BCUT2D eigenvalue weighted by atomic mass is 9.73. The van der Waals surface area contributed by atoms with Crippen molar-refractivity contribution in [2.45, 2.75) is 75.4 Å². The number of fused-ring (bicyclic) bond motifs is 4. The van der Waals surface area contributed by atoms with Gasteiger partial charge in [-0.3, -0.25) is 0 Å². The van der Waals surface area contributed by atoms with Gasteiger partial charge >= 0.3 is 6.03 Å². The molecular weight excluding hydrogens is 367 g/mol. The SMILES string of the molecule is CCCNC(=O)N1C2CCC1CC(N1CCC3(CC1)CNc1ccc(F)cc13)C2.[HH]. The molecule has 5 nitrogen and oxygen atoms in total. The molecule has 2 atom stereocenters. The Balaban J connectivity index is 0.00000218. The fourth-order valence-corrected chi connectivity index (χ4v) is 6.33. The molecule has 2 amide bonds. The van der Waals surface area contributed by atoms with Gasteiger partial charge in [0.05, 0.1) is 0 Å². The third kappa shape index (κ3) is 3.29. The van der Waals surface area contributed by atoms with Gasteiger partial charge in [0.15, 0.2) is 0 Å². The van der Waals surface area contributed by atoms with Crippen molar-refractivity contribution in [2.75, 3.05) is 31.5 Å². The van der Waals surface area contributed by atoms with E-state index >= 15 is 0 Å². The number of rotatable bonds is 3. The van der Waals surface area contributed by atoms with Crippen molar-refractivity contribution >= 4 is 11.7 Å². The quantitative estimate of drug-likeness (QED) is 0.805. The minimum absolute atomic E-state index is 0. The number of urea groups is 1. The first-order valence-corrected chi connectivity index (χ1v) is 11.4.